The fraction of sp³-hybridized carbons (Fsp3) is 0.105. The van der Waals surface area contributed by atoms with E-state index in [0.717, 1.165) is 11.3 Å². The van der Waals surface area contributed by atoms with Crippen molar-refractivity contribution in [2.45, 2.75) is 6.04 Å². The van der Waals surface area contributed by atoms with Crippen molar-refractivity contribution in [1.82, 2.24) is 4.98 Å². The molecule has 0 fully saturated rings. The summed E-state index contributed by atoms with van der Waals surface area (Å²) in [6.45, 7) is 0. The lowest BCUT2D eigenvalue weighted by Crippen LogP contribution is -2.19. The average Bonchev–Trinajstić information content (AvgIpc) is 3.15. The Bertz CT molecular complexity index is 978. The Morgan fingerprint density at radius 1 is 1.26 bits per heavy atom. The number of carbonyl (C=O) groups is 1. The molecule has 0 saturated heterocycles. The van der Waals surface area contributed by atoms with E-state index in [2.05, 4.69) is 15.6 Å². The fourth-order valence-electron chi connectivity index (χ4n) is 2.39. The highest BCUT2D eigenvalue weighted by atomic mass is 32.1. The number of rotatable bonds is 5. The number of nitrogens with two attached hydrogens (primary N) is 1. The van der Waals surface area contributed by atoms with Crippen LogP contribution in [0, 0.1) is 11.3 Å². The summed E-state index contributed by atoms with van der Waals surface area (Å²) in [7, 11) is 1.61. The summed E-state index contributed by atoms with van der Waals surface area (Å²) in [4.78, 5) is 16.5. The average molecular weight is 379 g/mol. The van der Waals surface area contributed by atoms with Gasteiger partial charge in [0.15, 0.2) is 5.13 Å². The summed E-state index contributed by atoms with van der Waals surface area (Å²) in [5, 5.41) is 16.5. The van der Waals surface area contributed by atoms with E-state index in [9.17, 15) is 4.79 Å². The smallest absolute Gasteiger partial charge is 0.325 e. The number of hydrogen-bond donors (Lipinski definition) is 3. The van der Waals surface area contributed by atoms with Crippen LogP contribution in [0.2, 0.25) is 0 Å². The van der Waals surface area contributed by atoms with Crippen LogP contribution in [0.3, 0.4) is 0 Å². The predicted octanol–water partition coefficient (Wildman–Crippen LogP) is 3.72. The molecule has 2 aromatic carbocycles. The number of nitrogens with zero attached hydrogens (tertiary/aromatic N) is 2. The predicted molar refractivity (Wildman–Crippen MR) is 105 cm³/mol. The number of nitriles is 1. The quantitative estimate of drug-likeness (QED) is 0.625. The van der Waals surface area contributed by atoms with Crippen LogP contribution in [0.15, 0.2) is 53.9 Å². The minimum absolute atomic E-state index is 0.405. The van der Waals surface area contributed by atoms with E-state index in [1.54, 1.807) is 36.8 Å². The van der Waals surface area contributed by atoms with Crippen LogP contribution in [0.4, 0.5) is 15.6 Å². The Balaban J connectivity index is 1.64. The second-order valence-electron chi connectivity index (χ2n) is 5.60. The SMILES string of the molecule is COc1ccc(C(N)c2csc(NC(=O)Nc3cccc(C#N)c3)n2)cc1. The highest BCUT2D eigenvalue weighted by molar-refractivity contribution is 7.14. The molecule has 0 aliphatic carbocycles. The molecule has 7 nitrogen and oxygen atoms in total. The van der Waals surface area contributed by atoms with Crippen LogP contribution in [0.25, 0.3) is 0 Å². The van der Waals surface area contributed by atoms with E-state index in [1.165, 1.54) is 11.3 Å². The van der Waals surface area contributed by atoms with Gasteiger partial charge in [-0.15, -0.1) is 11.3 Å². The Labute approximate surface area is 160 Å². The molecular weight excluding hydrogens is 362 g/mol. The van der Waals surface area contributed by atoms with Crippen molar-refractivity contribution in [3.63, 3.8) is 0 Å². The van der Waals surface area contributed by atoms with E-state index in [0.29, 0.717) is 22.1 Å². The molecule has 3 rings (SSSR count). The number of nitrogens with one attached hydrogen (secondary N) is 2. The van der Waals surface area contributed by atoms with Crippen LogP contribution >= 0.6 is 11.3 Å². The van der Waals surface area contributed by atoms with E-state index >= 15 is 0 Å². The number of aromatic nitrogens is 1. The van der Waals surface area contributed by atoms with E-state index in [4.69, 9.17) is 15.7 Å². The molecule has 2 amide bonds. The van der Waals surface area contributed by atoms with Gasteiger partial charge >= 0.3 is 6.03 Å². The molecule has 1 atom stereocenters. The van der Waals surface area contributed by atoms with Crippen molar-refractivity contribution < 1.29 is 9.53 Å². The molecule has 0 spiro atoms. The molecule has 0 aliphatic rings. The Morgan fingerprint density at radius 3 is 2.74 bits per heavy atom. The van der Waals surface area contributed by atoms with Gasteiger partial charge in [-0.25, -0.2) is 9.78 Å². The number of ether oxygens (including phenoxy) is 1. The number of anilines is 2. The summed E-state index contributed by atoms with van der Waals surface area (Å²) in [5.74, 6) is 0.753. The van der Waals surface area contributed by atoms with Gasteiger partial charge in [0.05, 0.1) is 30.5 Å². The van der Waals surface area contributed by atoms with Gasteiger partial charge in [-0.05, 0) is 35.9 Å². The third-order valence-corrected chi connectivity index (χ3v) is 4.56. The number of methoxy groups -OCH3 is 1. The van der Waals surface area contributed by atoms with Crippen LogP contribution in [0.1, 0.15) is 22.9 Å². The Hall–Kier alpha value is -3.41. The van der Waals surface area contributed by atoms with Crippen molar-refractivity contribution in [3.8, 4) is 11.8 Å². The molecule has 0 aliphatic heterocycles. The van der Waals surface area contributed by atoms with Gasteiger partial charge in [0.1, 0.15) is 5.75 Å². The van der Waals surface area contributed by atoms with Gasteiger partial charge in [0.2, 0.25) is 0 Å². The first-order valence-corrected chi connectivity index (χ1v) is 8.90. The molecule has 136 valence electrons. The van der Waals surface area contributed by atoms with Crippen molar-refractivity contribution >= 4 is 28.2 Å². The lowest BCUT2D eigenvalue weighted by molar-refractivity contribution is 0.262. The highest BCUT2D eigenvalue weighted by Crippen LogP contribution is 2.25. The summed E-state index contributed by atoms with van der Waals surface area (Å²) < 4.78 is 5.14. The summed E-state index contributed by atoms with van der Waals surface area (Å²) in [6, 6.07) is 15.3. The molecule has 0 saturated carbocycles. The van der Waals surface area contributed by atoms with Crippen LogP contribution < -0.4 is 21.1 Å². The van der Waals surface area contributed by atoms with Gasteiger partial charge in [-0.1, -0.05) is 18.2 Å². The summed E-state index contributed by atoms with van der Waals surface area (Å²) in [6.07, 6.45) is 0. The third kappa shape index (κ3) is 4.61. The molecule has 3 aromatic rings. The molecular formula is C19H17N5O2S. The van der Waals surface area contributed by atoms with Crippen LogP contribution in [0.5, 0.6) is 5.75 Å². The molecule has 8 heteroatoms. The van der Waals surface area contributed by atoms with Gasteiger partial charge < -0.3 is 15.8 Å². The second kappa shape index (κ2) is 8.31. The zero-order valence-corrected chi connectivity index (χ0v) is 15.3. The van der Waals surface area contributed by atoms with Gasteiger partial charge in [-0.3, -0.25) is 5.32 Å². The maximum absolute atomic E-state index is 12.1. The maximum atomic E-state index is 12.1. The van der Waals surface area contributed by atoms with E-state index in [1.807, 2.05) is 30.3 Å². The number of thiazole rings is 1. The minimum atomic E-state index is -0.441. The van der Waals surface area contributed by atoms with Gasteiger partial charge in [0.25, 0.3) is 0 Å². The molecule has 0 radical (unpaired) electrons. The monoisotopic (exact) mass is 379 g/mol. The second-order valence-corrected chi connectivity index (χ2v) is 6.46. The molecule has 4 N–H and O–H groups in total. The lowest BCUT2D eigenvalue weighted by Gasteiger charge is -2.10. The van der Waals surface area contributed by atoms with Crippen molar-refractivity contribution in [2.75, 3.05) is 17.7 Å². The maximum Gasteiger partial charge on any atom is 0.325 e. The lowest BCUT2D eigenvalue weighted by atomic mass is 10.1. The zero-order chi connectivity index (χ0) is 19.2. The number of hydrogen-bond acceptors (Lipinski definition) is 6. The van der Waals surface area contributed by atoms with Crippen molar-refractivity contribution in [1.29, 1.82) is 5.26 Å². The normalized spacial score (nSPS) is 11.3. The molecule has 1 unspecified atom stereocenters. The Morgan fingerprint density at radius 2 is 2.04 bits per heavy atom. The first-order valence-electron chi connectivity index (χ1n) is 8.02. The standard InChI is InChI=1S/C19H17N5O2S/c1-26-15-7-5-13(6-8-15)17(21)16-11-27-19(23-16)24-18(25)22-14-4-2-3-12(9-14)10-20/h2-9,11,17H,21H2,1H3,(H2,22,23,24,25). The summed E-state index contributed by atoms with van der Waals surface area (Å²) in [5.41, 5.74) is 8.80. The van der Waals surface area contributed by atoms with Crippen LogP contribution in [-0.4, -0.2) is 18.1 Å². The molecule has 1 aromatic heterocycles. The highest BCUT2D eigenvalue weighted by Gasteiger charge is 2.14. The van der Waals surface area contributed by atoms with Crippen LogP contribution in [-0.2, 0) is 0 Å². The first kappa shape index (κ1) is 18.4. The minimum Gasteiger partial charge on any atom is -0.497 e. The van der Waals surface area contributed by atoms with E-state index in [-0.39, 0.29) is 0 Å². The first-order chi connectivity index (χ1) is 13.1. The number of amides is 2. The number of benzene rings is 2. The number of urea groups is 1. The number of carbonyl (C=O) groups excluding carboxylic acids is 1. The van der Waals surface area contributed by atoms with Crippen molar-refractivity contribution in [3.05, 3.63) is 70.7 Å². The Kier molecular flexibility index (Phi) is 5.66. The summed E-state index contributed by atoms with van der Waals surface area (Å²) >= 11 is 1.29. The fourth-order valence-corrected chi connectivity index (χ4v) is 3.14. The van der Waals surface area contributed by atoms with Gasteiger partial charge in [-0.2, -0.15) is 5.26 Å². The molecule has 0 bridgehead atoms. The molecule has 1 heterocycles. The third-order valence-electron chi connectivity index (χ3n) is 3.79. The zero-order valence-electron chi connectivity index (χ0n) is 14.5. The largest absolute Gasteiger partial charge is 0.497 e. The topological polar surface area (TPSA) is 113 Å². The van der Waals surface area contributed by atoms with Crippen molar-refractivity contribution in [2.24, 2.45) is 5.73 Å². The van der Waals surface area contributed by atoms with E-state index < -0.39 is 12.1 Å². The van der Waals surface area contributed by atoms with Gasteiger partial charge in [0, 0.05) is 11.1 Å². The molecule has 27 heavy (non-hydrogen) atoms.